The highest BCUT2D eigenvalue weighted by molar-refractivity contribution is 4.62. The number of hydrogen-bond donors (Lipinski definition) is 0. The van der Waals surface area contributed by atoms with Crippen molar-refractivity contribution in [1.29, 1.82) is 0 Å². The van der Waals surface area contributed by atoms with Gasteiger partial charge in [-0.05, 0) is 5.92 Å². The first-order valence-corrected chi connectivity index (χ1v) is 15.1. The summed E-state index contributed by atoms with van der Waals surface area (Å²) >= 11 is 0. The third-order valence-corrected chi connectivity index (χ3v) is 7.18. The quantitative estimate of drug-likeness (QED) is 0.112. The fraction of sp³-hybridized carbons (Fsp3) is 0.968. The molecule has 0 heterocycles. The molecule has 0 aliphatic rings. The smallest absolute Gasteiger partial charge is 0.0414 e. The van der Waals surface area contributed by atoms with Crippen molar-refractivity contribution in [1.82, 2.24) is 0 Å². The van der Waals surface area contributed by atoms with Crippen LogP contribution < -0.4 is 0 Å². The molecule has 1 atom stereocenters. The summed E-state index contributed by atoms with van der Waals surface area (Å²) in [7, 11) is 0. The van der Waals surface area contributed by atoms with Gasteiger partial charge in [0.25, 0.3) is 0 Å². The van der Waals surface area contributed by atoms with Gasteiger partial charge in [0, 0.05) is 0 Å². The second-order valence-electron chi connectivity index (χ2n) is 10.6. The maximum Gasteiger partial charge on any atom is -0.0414 e. The van der Waals surface area contributed by atoms with Crippen LogP contribution in [0.5, 0.6) is 0 Å². The van der Waals surface area contributed by atoms with E-state index in [4.69, 9.17) is 0 Å². The topological polar surface area (TPSA) is 0 Å². The van der Waals surface area contributed by atoms with Crippen molar-refractivity contribution in [2.75, 3.05) is 0 Å². The molecule has 0 aromatic carbocycles. The van der Waals surface area contributed by atoms with Crippen LogP contribution in [0.4, 0.5) is 0 Å². The minimum Gasteiger partial charge on any atom is -0.0654 e. The largest absolute Gasteiger partial charge is 0.0654 e. The lowest BCUT2D eigenvalue weighted by atomic mass is 9.95. The highest BCUT2D eigenvalue weighted by atomic mass is 14.1. The van der Waals surface area contributed by atoms with Crippen molar-refractivity contribution in [2.24, 2.45) is 5.92 Å². The first-order chi connectivity index (χ1) is 15.3. The van der Waals surface area contributed by atoms with E-state index < -0.39 is 0 Å². The second kappa shape index (κ2) is 28.0. The predicted octanol–water partition coefficient (Wildman–Crippen LogP) is 12.0. The van der Waals surface area contributed by atoms with Crippen molar-refractivity contribution in [2.45, 2.75) is 187 Å². The lowest BCUT2D eigenvalue weighted by Gasteiger charge is -2.11. The van der Waals surface area contributed by atoms with Gasteiger partial charge in [-0.1, -0.05) is 194 Å². The molecule has 0 rings (SSSR count). The third-order valence-electron chi connectivity index (χ3n) is 7.18. The zero-order valence-corrected chi connectivity index (χ0v) is 22.4. The lowest BCUT2D eigenvalue weighted by molar-refractivity contribution is 0.459. The Kier molecular flexibility index (Phi) is 28.0. The fourth-order valence-electron chi connectivity index (χ4n) is 4.87. The van der Waals surface area contributed by atoms with E-state index in [1.54, 1.807) is 0 Å². The molecule has 0 spiro atoms. The minimum atomic E-state index is 0.718. The molecule has 0 aliphatic heterocycles. The molecule has 0 amide bonds. The van der Waals surface area contributed by atoms with Crippen molar-refractivity contribution in [3.8, 4) is 0 Å². The molecule has 0 fully saturated rings. The Hall–Kier alpha value is 0. The Morgan fingerprint density at radius 1 is 0.323 bits per heavy atom. The molecule has 0 aromatic heterocycles. The van der Waals surface area contributed by atoms with Gasteiger partial charge in [0.2, 0.25) is 0 Å². The number of unbranched alkanes of at least 4 members (excludes halogenated alkanes) is 23. The summed E-state index contributed by atoms with van der Waals surface area (Å²) in [6, 6.07) is 0. The van der Waals surface area contributed by atoms with Gasteiger partial charge in [-0.2, -0.15) is 0 Å². The van der Waals surface area contributed by atoms with Gasteiger partial charge in [-0.25, -0.2) is 0 Å². The van der Waals surface area contributed by atoms with E-state index in [1.165, 1.54) is 173 Å². The summed E-state index contributed by atoms with van der Waals surface area (Å²) < 4.78 is 0. The van der Waals surface area contributed by atoms with E-state index in [1.807, 2.05) is 0 Å². The summed E-state index contributed by atoms with van der Waals surface area (Å²) in [4.78, 5) is 0. The van der Waals surface area contributed by atoms with E-state index in [2.05, 4.69) is 20.8 Å². The van der Waals surface area contributed by atoms with Gasteiger partial charge < -0.3 is 0 Å². The highest BCUT2D eigenvalue weighted by Gasteiger charge is 2.02. The van der Waals surface area contributed by atoms with Crippen LogP contribution in [0.1, 0.15) is 187 Å². The SMILES string of the molecule is [CH2]C(CCCCCCCCCCCCC)CCCCCCCCCCCCCCCC. The maximum atomic E-state index is 4.42. The van der Waals surface area contributed by atoms with E-state index in [0.717, 1.165) is 5.92 Å². The fourth-order valence-corrected chi connectivity index (χ4v) is 4.87. The van der Waals surface area contributed by atoms with Crippen LogP contribution in [0.25, 0.3) is 0 Å². The van der Waals surface area contributed by atoms with Gasteiger partial charge >= 0.3 is 0 Å². The molecular formula is C31H63. The molecule has 1 radical (unpaired) electrons. The summed E-state index contributed by atoms with van der Waals surface area (Å²) in [6.45, 7) is 9.02. The molecule has 0 nitrogen and oxygen atoms in total. The van der Waals surface area contributed by atoms with Crippen LogP contribution in [0, 0.1) is 12.8 Å². The normalized spacial score (nSPS) is 12.5. The van der Waals surface area contributed by atoms with Gasteiger partial charge in [0.05, 0.1) is 0 Å². The molecule has 0 bridgehead atoms. The zero-order valence-electron chi connectivity index (χ0n) is 22.4. The summed E-state index contributed by atoms with van der Waals surface area (Å²) in [6.07, 6.45) is 39.1. The Labute approximate surface area is 200 Å². The van der Waals surface area contributed by atoms with Gasteiger partial charge in [-0.3, -0.25) is 0 Å². The van der Waals surface area contributed by atoms with Crippen LogP contribution in [0.2, 0.25) is 0 Å². The minimum absolute atomic E-state index is 0.718. The Balaban J connectivity index is 3.12. The van der Waals surface area contributed by atoms with Crippen molar-refractivity contribution >= 4 is 0 Å². The Morgan fingerprint density at radius 2 is 0.516 bits per heavy atom. The predicted molar refractivity (Wildman–Crippen MR) is 145 cm³/mol. The van der Waals surface area contributed by atoms with Crippen molar-refractivity contribution in [3.63, 3.8) is 0 Å². The average molecular weight is 436 g/mol. The Bertz CT molecular complexity index is 294. The van der Waals surface area contributed by atoms with Gasteiger partial charge in [0.1, 0.15) is 0 Å². The molecule has 1 unspecified atom stereocenters. The van der Waals surface area contributed by atoms with Crippen LogP contribution in [0.15, 0.2) is 0 Å². The molecule has 0 saturated carbocycles. The van der Waals surface area contributed by atoms with E-state index >= 15 is 0 Å². The van der Waals surface area contributed by atoms with Crippen LogP contribution in [-0.2, 0) is 0 Å². The first kappa shape index (κ1) is 31.0. The molecule has 31 heavy (non-hydrogen) atoms. The number of hydrogen-bond acceptors (Lipinski definition) is 0. The lowest BCUT2D eigenvalue weighted by Crippen LogP contribution is -1.95. The standard InChI is InChI=1S/C31H63/c1-4-6-8-10-12-14-16-17-18-20-22-24-26-28-30-31(3)29-27-25-23-21-19-15-13-11-9-7-5-2/h31H,3-30H2,1-2H3. The first-order valence-electron chi connectivity index (χ1n) is 15.1. The van der Waals surface area contributed by atoms with Gasteiger partial charge in [-0.15, -0.1) is 0 Å². The van der Waals surface area contributed by atoms with Crippen molar-refractivity contribution in [3.05, 3.63) is 6.92 Å². The monoisotopic (exact) mass is 435 g/mol. The second-order valence-corrected chi connectivity index (χ2v) is 10.6. The molecule has 0 N–H and O–H groups in total. The summed E-state index contributed by atoms with van der Waals surface area (Å²) in [5, 5.41) is 0. The molecule has 0 aromatic rings. The molecule has 0 saturated heterocycles. The average Bonchev–Trinajstić information content (AvgIpc) is 2.77. The molecule has 187 valence electrons. The van der Waals surface area contributed by atoms with Gasteiger partial charge in [0.15, 0.2) is 0 Å². The van der Waals surface area contributed by atoms with Crippen LogP contribution >= 0.6 is 0 Å². The van der Waals surface area contributed by atoms with Crippen molar-refractivity contribution < 1.29 is 0 Å². The third kappa shape index (κ3) is 28.0. The maximum absolute atomic E-state index is 4.42. The van der Waals surface area contributed by atoms with E-state index in [9.17, 15) is 0 Å². The summed E-state index contributed by atoms with van der Waals surface area (Å²) in [5.41, 5.74) is 0. The molecule has 0 heteroatoms. The number of rotatable bonds is 27. The van der Waals surface area contributed by atoms with E-state index in [-0.39, 0.29) is 0 Å². The van der Waals surface area contributed by atoms with E-state index in [0.29, 0.717) is 0 Å². The highest BCUT2D eigenvalue weighted by Crippen LogP contribution is 2.19. The zero-order chi connectivity index (χ0) is 22.7. The molecule has 0 aliphatic carbocycles. The Morgan fingerprint density at radius 3 is 0.742 bits per heavy atom. The van der Waals surface area contributed by atoms with Crippen LogP contribution in [-0.4, -0.2) is 0 Å². The summed E-state index contributed by atoms with van der Waals surface area (Å²) in [5.74, 6) is 0.718. The molecular weight excluding hydrogens is 372 g/mol. The van der Waals surface area contributed by atoms with Crippen LogP contribution in [0.3, 0.4) is 0 Å².